The van der Waals surface area contributed by atoms with Gasteiger partial charge in [-0.2, -0.15) is 10.2 Å². The third-order valence-corrected chi connectivity index (χ3v) is 6.73. The molecule has 170 valence electrons. The van der Waals surface area contributed by atoms with Gasteiger partial charge in [0.1, 0.15) is 22.2 Å². The lowest BCUT2D eigenvalue weighted by Gasteiger charge is -2.13. The van der Waals surface area contributed by atoms with Crippen molar-refractivity contribution in [3.8, 4) is 23.4 Å². The zero-order chi connectivity index (χ0) is 24.3. The highest BCUT2D eigenvalue weighted by Gasteiger charge is 2.24. The van der Waals surface area contributed by atoms with Crippen LogP contribution in [0.2, 0.25) is 0 Å². The molecule has 0 radical (unpaired) electrons. The third-order valence-electron chi connectivity index (χ3n) is 5.05. The molecule has 2 heterocycles. The van der Waals surface area contributed by atoms with Gasteiger partial charge in [-0.05, 0) is 48.9 Å². The average molecular weight is 474 g/mol. The molecule has 0 N–H and O–H groups in total. The molecule has 0 bridgehead atoms. The lowest BCUT2D eigenvalue weighted by Crippen LogP contribution is -2.20. The van der Waals surface area contributed by atoms with Crippen molar-refractivity contribution in [1.29, 1.82) is 5.26 Å². The molecule has 2 aromatic heterocycles. The van der Waals surface area contributed by atoms with Gasteiger partial charge in [0.15, 0.2) is 11.5 Å². The fourth-order valence-electron chi connectivity index (χ4n) is 3.33. The lowest BCUT2D eigenvalue weighted by molar-refractivity contribution is 0.373. The molecule has 0 saturated heterocycles. The Morgan fingerprint density at radius 1 is 1.03 bits per heavy atom. The zero-order valence-electron chi connectivity index (χ0n) is 18.3. The van der Waals surface area contributed by atoms with Crippen LogP contribution in [0.5, 0.6) is 17.4 Å². The van der Waals surface area contributed by atoms with Crippen LogP contribution in [0.3, 0.4) is 0 Å². The predicted molar refractivity (Wildman–Crippen MR) is 126 cm³/mol. The number of allylic oxidation sites excluding steroid dienone is 1. The number of fused-ring (bicyclic) bond motifs is 1. The van der Waals surface area contributed by atoms with Gasteiger partial charge in [-0.15, -0.1) is 0 Å². The molecule has 0 aliphatic rings. The molecule has 9 heteroatoms. The normalized spacial score (nSPS) is 11.7. The Labute approximate surface area is 195 Å². The summed E-state index contributed by atoms with van der Waals surface area (Å²) in [5.41, 5.74) is 0.260. The summed E-state index contributed by atoms with van der Waals surface area (Å²) in [7, 11) is -2.72. The van der Waals surface area contributed by atoms with E-state index in [1.165, 1.54) is 29.8 Å². The third kappa shape index (κ3) is 4.14. The smallest absolute Gasteiger partial charge is 0.269 e. The average Bonchev–Trinajstić information content (AvgIpc) is 2.85. The van der Waals surface area contributed by atoms with Gasteiger partial charge in [0.2, 0.25) is 15.7 Å². The summed E-state index contributed by atoms with van der Waals surface area (Å²) in [4.78, 5) is 17.2. The lowest BCUT2D eigenvalue weighted by atomic mass is 10.2. The van der Waals surface area contributed by atoms with E-state index in [0.717, 1.165) is 6.08 Å². The minimum absolute atomic E-state index is 0.0697. The van der Waals surface area contributed by atoms with E-state index in [0.29, 0.717) is 17.0 Å². The first kappa shape index (κ1) is 22.8. The van der Waals surface area contributed by atoms with Gasteiger partial charge in [0.25, 0.3) is 5.56 Å². The Bertz CT molecular complexity index is 1620. The van der Waals surface area contributed by atoms with E-state index in [2.05, 4.69) is 4.98 Å². The van der Waals surface area contributed by atoms with E-state index in [1.807, 2.05) is 0 Å². The Kier molecular flexibility index (Phi) is 6.17. The molecular weight excluding hydrogens is 454 g/mol. The van der Waals surface area contributed by atoms with Gasteiger partial charge >= 0.3 is 0 Å². The Hall–Kier alpha value is -4.42. The number of nitriles is 1. The van der Waals surface area contributed by atoms with Gasteiger partial charge in [0, 0.05) is 6.20 Å². The molecular formula is C25H19N3O5S. The van der Waals surface area contributed by atoms with Crippen molar-refractivity contribution < 1.29 is 17.9 Å². The SMILES string of the molecule is COc1ccccc1Oc1nc2c(C)cccn2c(=O)c1/C=C(\C#N)S(=O)(=O)c1ccccc1. The predicted octanol–water partition coefficient (Wildman–Crippen LogP) is 4.14. The van der Waals surface area contributed by atoms with Crippen molar-refractivity contribution in [2.75, 3.05) is 7.11 Å². The van der Waals surface area contributed by atoms with Gasteiger partial charge in [-0.1, -0.05) is 36.4 Å². The monoisotopic (exact) mass is 473 g/mol. The molecule has 0 spiro atoms. The fraction of sp³-hybridized carbons (Fsp3) is 0.0800. The summed E-state index contributed by atoms with van der Waals surface area (Å²) in [6, 6.07) is 19.4. The molecule has 4 rings (SSSR count). The molecule has 0 unspecified atom stereocenters. The highest BCUT2D eigenvalue weighted by Crippen LogP contribution is 2.32. The number of benzene rings is 2. The van der Waals surface area contributed by atoms with Gasteiger partial charge in [-0.25, -0.2) is 8.42 Å². The van der Waals surface area contributed by atoms with Crippen molar-refractivity contribution in [3.05, 3.63) is 99.3 Å². The second-order valence-electron chi connectivity index (χ2n) is 7.21. The Morgan fingerprint density at radius 2 is 1.71 bits per heavy atom. The molecule has 0 aliphatic carbocycles. The minimum atomic E-state index is -4.19. The molecule has 0 fully saturated rings. The fourth-order valence-corrected chi connectivity index (χ4v) is 4.49. The Morgan fingerprint density at radius 3 is 2.38 bits per heavy atom. The van der Waals surface area contributed by atoms with Crippen LogP contribution in [0.4, 0.5) is 0 Å². The summed E-state index contributed by atoms with van der Waals surface area (Å²) in [5, 5.41) is 9.71. The molecule has 0 amide bonds. The maximum atomic E-state index is 13.4. The van der Waals surface area contributed by atoms with E-state index >= 15 is 0 Å². The quantitative estimate of drug-likeness (QED) is 0.387. The second kappa shape index (κ2) is 9.21. The van der Waals surface area contributed by atoms with Gasteiger partial charge in [0.05, 0.1) is 12.0 Å². The largest absolute Gasteiger partial charge is 0.493 e. The number of methoxy groups -OCH3 is 1. The second-order valence-corrected chi connectivity index (χ2v) is 9.13. The molecule has 0 aliphatic heterocycles. The van der Waals surface area contributed by atoms with Crippen molar-refractivity contribution in [2.45, 2.75) is 11.8 Å². The van der Waals surface area contributed by atoms with Gasteiger partial charge < -0.3 is 9.47 Å². The summed E-state index contributed by atoms with van der Waals surface area (Å²) in [6.45, 7) is 1.78. The van der Waals surface area contributed by atoms with E-state index in [4.69, 9.17) is 9.47 Å². The van der Waals surface area contributed by atoms with Crippen LogP contribution in [-0.2, 0) is 9.84 Å². The number of pyridine rings is 1. The summed E-state index contributed by atoms with van der Waals surface area (Å²) >= 11 is 0. The van der Waals surface area contributed by atoms with Crippen LogP contribution in [0.1, 0.15) is 11.1 Å². The molecule has 2 aromatic carbocycles. The summed E-state index contributed by atoms with van der Waals surface area (Å²) in [5.74, 6) is 0.510. The maximum Gasteiger partial charge on any atom is 0.269 e. The summed E-state index contributed by atoms with van der Waals surface area (Å²) < 4.78 is 38.7. The van der Waals surface area contributed by atoms with Crippen molar-refractivity contribution in [3.63, 3.8) is 0 Å². The number of sulfone groups is 1. The molecule has 4 aromatic rings. The molecule has 0 atom stereocenters. The number of para-hydroxylation sites is 2. The molecule has 0 saturated carbocycles. The van der Waals surface area contributed by atoms with E-state index in [9.17, 15) is 18.5 Å². The number of aromatic nitrogens is 2. The number of hydrogen-bond acceptors (Lipinski definition) is 7. The zero-order valence-corrected chi connectivity index (χ0v) is 19.1. The highest BCUT2D eigenvalue weighted by atomic mass is 32.2. The van der Waals surface area contributed by atoms with Crippen molar-refractivity contribution in [1.82, 2.24) is 9.38 Å². The Balaban J connectivity index is 1.99. The molecule has 8 nitrogen and oxygen atoms in total. The van der Waals surface area contributed by atoms with Crippen LogP contribution in [0.25, 0.3) is 11.7 Å². The first-order chi connectivity index (χ1) is 16.4. The van der Waals surface area contributed by atoms with Crippen LogP contribution in [0.15, 0.2) is 87.5 Å². The van der Waals surface area contributed by atoms with E-state index in [-0.39, 0.29) is 22.1 Å². The summed E-state index contributed by atoms with van der Waals surface area (Å²) in [6.07, 6.45) is 2.51. The topological polar surface area (TPSA) is 111 Å². The van der Waals surface area contributed by atoms with Crippen molar-refractivity contribution >= 4 is 21.6 Å². The highest BCUT2D eigenvalue weighted by molar-refractivity contribution is 7.95. The number of rotatable bonds is 6. The number of hydrogen-bond donors (Lipinski definition) is 0. The van der Waals surface area contributed by atoms with Crippen LogP contribution in [0, 0.1) is 18.3 Å². The minimum Gasteiger partial charge on any atom is -0.493 e. The number of aryl methyl sites for hydroxylation is 1. The van der Waals surface area contributed by atoms with E-state index < -0.39 is 20.3 Å². The number of ether oxygens (including phenoxy) is 2. The van der Waals surface area contributed by atoms with Crippen molar-refractivity contribution in [2.24, 2.45) is 0 Å². The first-order valence-electron chi connectivity index (χ1n) is 10.1. The van der Waals surface area contributed by atoms with Gasteiger partial charge in [-0.3, -0.25) is 9.20 Å². The van der Waals surface area contributed by atoms with Crippen LogP contribution < -0.4 is 15.0 Å². The first-order valence-corrected chi connectivity index (χ1v) is 11.6. The maximum absolute atomic E-state index is 13.4. The van der Waals surface area contributed by atoms with Crippen LogP contribution >= 0.6 is 0 Å². The number of nitrogens with zero attached hydrogens (tertiary/aromatic N) is 3. The standard InChI is InChI=1S/C25H19N3O5S/c1-17-9-8-14-28-23(17)27-24(33-22-13-7-6-12-21(22)32-2)20(25(28)29)15-19(16-26)34(30,31)18-10-4-3-5-11-18/h3-15H,1-2H3/b19-15+. The van der Waals surface area contributed by atoms with Crippen LogP contribution in [-0.4, -0.2) is 24.9 Å². The van der Waals surface area contributed by atoms with E-state index in [1.54, 1.807) is 67.6 Å². The molecule has 34 heavy (non-hydrogen) atoms.